The number of amides is 1. The minimum absolute atomic E-state index is 0.207. The molecule has 1 unspecified atom stereocenters. The number of hydrogen-bond donors (Lipinski definition) is 0. The molecular formula is C16H25NOSn. The van der Waals surface area contributed by atoms with E-state index < -0.39 is 18.4 Å². The predicted molar refractivity (Wildman–Crippen MR) is 83.0 cm³/mol. The second-order valence-corrected chi connectivity index (χ2v) is 23.4. The molecule has 1 heterocycles. The molecule has 0 N–H and O–H groups in total. The molecule has 19 heavy (non-hydrogen) atoms. The monoisotopic (exact) mass is 367 g/mol. The number of nitrogens with zero attached hydrogens (tertiary/aromatic N) is 1. The summed E-state index contributed by atoms with van der Waals surface area (Å²) >= 11 is -2.15. The molecule has 1 aliphatic rings. The van der Waals surface area contributed by atoms with Crippen LogP contribution in [0.1, 0.15) is 25.0 Å². The summed E-state index contributed by atoms with van der Waals surface area (Å²) in [6.07, 6.45) is 1.13. The van der Waals surface area contributed by atoms with Crippen molar-refractivity contribution < 1.29 is 4.79 Å². The van der Waals surface area contributed by atoms with Crippen LogP contribution in [0.4, 0.5) is 0 Å². The third-order valence-corrected chi connectivity index (χ3v) is 16.1. The Morgan fingerprint density at radius 3 is 2.32 bits per heavy atom. The molecule has 1 aliphatic heterocycles. The van der Waals surface area contributed by atoms with E-state index in [0.717, 1.165) is 19.5 Å². The molecule has 0 aliphatic carbocycles. The Hall–Kier alpha value is -0.511. The topological polar surface area (TPSA) is 20.3 Å². The van der Waals surface area contributed by atoms with Gasteiger partial charge in [-0.1, -0.05) is 0 Å². The normalized spacial score (nSPS) is 23.7. The molecule has 3 heteroatoms. The first-order valence-electron chi connectivity index (χ1n) is 7.05. The number of benzene rings is 1. The van der Waals surface area contributed by atoms with Gasteiger partial charge in [0.1, 0.15) is 0 Å². The Balaban J connectivity index is 2.48. The van der Waals surface area contributed by atoms with Crippen LogP contribution in [0.15, 0.2) is 24.3 Å². The van der Waals surface area contributed by atoms with Crippen LogP contribution in [0.3, 0.4) is 0 Å². The maximum atomic E-state index is 11.9. The molecule has 1 atom stereocenters. The average molecular weight is 366 g/mol. The Morgan fingerprint density at radius 1 is 1.21 bits per heavy atom. The minimum atomic E-state index is -2.15. The molecule has 1 amide bonds. The van der Waals surface area contributed by atoms with Gasteiger partial charge in [-0.2, -0.15) is 0 Å². The first-order valence-corrected chi connectivity index (χ1v) is 17.0. The summed E-state index contributed by atoms with van der Waals surface area (Å²) in [7, 11) is 0. The third kappa shape index (κ3) is 2.99. The Morgan fingerprint density at radius 2 is 1.79 bits per heavy atom. The van der Waals surface area contributed by atoms with Gasteiger partial charge in [0.25, 0.3) is 0 Å². The van der Waals surface area contributed by atoms with Crippen molar-refractivity contribution in [3.05, 3.63) is 35.4 Å². The molecule has 0 saturated carbocycles. The number of fused-ring (bicyclic) bond motifs is 1. The first-order chi connectivity index (χ1) is 8.73. The van der Waals surface area contributed by atoms with Gasteiger partial charge in [0.05, 0.1) is 0 Å². The molecular weight excluding hydrogens is 341 g/mol. The summed E-state index contributed by atoms with van der Waals surface area (Å²) in [5, 5.41) is 0. The quantitative estimate of drug-likeness (QED) is 0.695. The fourth-order valence-corrected chi connectivity index (χ4v) is 6.72. The van der Waals surface area contributed by atoms with Gasteiger partial charge in [-0.25, -0.2) is 0 Å². The van der Waals surface area contributed by atoms with E-state index in [1.807, 2.05) is 4.90 Å². The van der Waals surface area contributed by atoms with Gasteiger partial charge < -0.3 is 0 Å². The standard InChI is InChI=1S/C13H16NO.3CH3.Sn/c1-10-7-12-5-3-4-6-13(12)9-14(8-10)11(2)15;;;;/h3-6H,7-9H2,1-2H3;3*1H3;. The van der Waals surface area contributed by atoms with Crippen molar-refractivity contribution in [3.63, 3.8) is 0 Å². The molecule has 0 saturated heterocycles. The van der Waals surface area contributed by atoms with Gasteiger partial charge in [0.2, 0.25) is 0 Å². The van der Waals surface area contributed by atoms with Crippen molar-refractivity contribution in [2.45, 2.75) is 45.1 Å². The SMILES string of the molecule is CC(=O)N1Cc2ccccc2C[C](C)([Sn]([CH3])([CH3])[CH3])C1. The second-order valence-electron chi connectivity index (χ2n) is 7.13. The van der Waals surface area contributed by atoms with E-state index in [2.05, 4.69) is 46.0 Å². The fraction of sp³-hybridized carbons (Fsp3) is 0.562. The molecule has 0 aromatic heterocycles. The van der Waals surface area contributed by atoms with Crippen LogP contribution in [0, 0.1) is 0 Å². The van der Waals surface area contributed by atoms with Crippen LogP contribution in [0.25, 0.3) is 0 Å². The van der Waals surface area contributed by atoms with Crippen molar-refractivity contribution in [1.29, 1.82) is 0 Å². The number of hydrogen-bond acceptors (Lipinski definition) is 1. The van der Waals surface area contributed by atoms with Crippen LogP contribution in [0.2, 0.25) is 18.2 Å². The maximum absolute atomic E-state index is 11.9. The Labute approximate surface area is 121 Å². The van der Waals surface area contributed by atoms with E-state index in [0.29, 0.717) is 3.43 Å². The van der Waals surface area contributed by atoms with E-state index in [1.54, 1.807) is 6.92 Å². The summed E-state index contributed by atoms with van der Waals surface area (Å²) in [5.41, 5.74) is 2.78. The predicted octanol–water partition coefficient (Wildman–Crippen LogP) is 3.69. The summed E-state index contributed by atoms with van der Waals surface area (Å²) in [4.78, 5) is 21.4. The van der Waals surface area contributed by atoms with Crippen LogP contribution in [0.5, 0.6) is 0 Å². The molecule has 2 rings (SSSR count). The van der Waals surface area contributed by atoms with E-state index in [9.17, 15) is 4.79 Å². The van der Waals surface area contributed by atoms with Gasteiger partial charge in [-0.3, -0.25) is 0 Å². The summed E-state index contributed by atoms with van der Waals surface area (Å²) in [5.74, 6) is 0.207. The van der Waals surface area contributed by atoms with Gasteiger partial charge in [-0.05, 0) is 0 Å². The zero-order chi connectivity index (χ0) is 14.3. The zero-order valence-corrected chi connectivity index (χ0v) is 15.6. The zero-order valence-electron chi connectivity index (χ0n) is 12.8. The van der Waals surface area contributed by atoms with Crippen molar-refractivity contribution in [3.8, 4) is 0 Å². The number of carbonyl (C=O) groups excluding carboxylic acids is 1. The number of rotatable bonds is 1. The van der Waals surface area contributed by atoms with Gasteiger partial charge in [0, 0.05) is 0 Å². The molecule has 104 valence electrons. The van der Waals surface area contributed by atoms with Crippen LogP contribution < -0.4 is 0 Å². The van der Waals surface area contributed by atoms with Crippen LogP contribution in [-0.4, -0.2) is 35.7 Å². The molecule has 2 nitrogen and oxygen atoms in total. The van der Waals surface area contributed by atoms with Crippen molar-refractivity contribution in [1.82, 2.24) is 4.90 Å². The Kier molecular flexibility index (Phi) is 4.01. The third-order valence-electron chi connectivity index (χ3n) is 4.86. The average Bonchev–Trinajstić information content (AvgIpc) is 2.44. The van der Waals surface area contributed by atoms with Gasteiger partial charge >= 0.3 is 121 Å². The summed E-state index contributed by atoms with van der Waals surface area (Å²) in [6, 6.07) is 8.63. The van der Waals surface area contributed by atoms with E-state index in [-0.39, 0.29) is 5.91 Å². The molecule has 0 bridgehead atoms. The molecule has 0 radical (unpaired) electrons. The van der Waals surface area contributed by atoms with E-state index >= 15 is 0 Å². The summed E-state index contributed by atoms with van der Waals surface area (Å²) in [6.45, 7) is 5.81. The van der Waals surface area contributed by atoms with Crippen LogP contribution >= 0.6 is 0 Å². The first kappa shape index (κ1) is 14.9. The van der Waals surface area contributed by atoms with Gasteiger partial charge in [-0.15, -0.1) is 0 Å². The van der Waals surface area contributed by atoms with Crippen molar-refractivity contribution in [2.24, 2.45) is 0 Å². The number of carbonyl (C=O) groups is 1. The Bertz CT molecular complexity index is 492. The molecule has 0 spiro atoms. The molecule has 0 fully saturated rings. The van der Waals surface area contributed by atoms with Crippen molar-refractivity contribution >= 4 is 24.3 Å². The second kappa shape index (κ2) is 5.12. The van der Waals surface area contributed by atoms with Crippen molar-refractivity contribution in [2.75, 3.05) is 6.54 Å². The molecule has 1 aromatic carbocycles. The van der Waals surface area contributed by atoms with E-state index in [4.69, 9.17) is 0 Å². The van der Waals surface area contributed by atoms with E-state index in [1.165, 1.54) is 11.1 Å². The van der Waals surface area contributed by atoms with Crippen LogP contribution in [-0.2, 0) is 17.8 Å². The molecule has 1 aromatic rings. The fourth-order valence-electron chi connectivity index (χ4n) is 2.77. The van der Waals surface area contributed by atoms with Gasteiger partial charge in [0.15, 0.2) is 0 Å². The summed E-state index contributed by atoms with van der Waals surface area (Å²) < 4.78 is 0.312.